The molecular formula is C32H27F4N5O4. The van der Waals surface area contributed by atoms with E-state index in [0.717, 1.165) is 19.1 Å². The Morgan fingerprint density at radius 3 is 2.16 bits per heavy atom. The lowest BCUT2D eigenvalue weighted by molar-refractivity contribution is -0.159. The first-order valence-corrected chi connectivity index (χ1v) is 13.4. The maximum Gasteiger partial charge on any atom is 0.417 e. The third kappa shape index (κ3) is 7.29. The lowest BCUT2D eigenvalue weighted by Gasteiger charge is -2.33. The second kappa shape index (κ2) is 12.4. The number of benzene rings is 3. The third-order valence-electron chi connectivity index (χ3n) is 7.15. The Morgan fingerprint density at radius 2 is 1.53 bits per heavy atom. The minimum Gasteiger partial charge on any atom is -0.378 e. The molecule has 0 radical (unpaired) electrons. The van der Waals surface area contributed by atoms with E-state index in [4.69, 9.17) is 15.3 Å². The summed E-state index contributed by atoms with van der Waals surface area (Å²) in [4.78, 5) is 26.7. The molecule has 2 atom stereocenters. The van der Waals surface area contributed by atoms with Crippen molar-refractivity contribution in [3.05, 3.63) is 94.9 Å². The molecule has 232 valence electrons. The lowest BCUT2D eigenvalue weighted by atomic mass is 10.0. The molecule has 0 aliphatic carbocycles. The Morgan fingerprint density at radius 1 is 0.911 bits per heavy atom. The quantitative estimate of drug-likeness (QED) is 0.206. The van der Waals surface area contributed by atoms with Crippen molar-refractivity contribution in [1.29, 1.82) is 10.5 Å². The summed E-state index contributed by atoms with van der Waals surface area (Å²) in [5.41, 5.74) is -4.49. The Bertz CT molecular complexity index is 1870. The average molecular weight is 622 g/mol. The fraction of sp³-hybridized carbons (Fsp3) is 0.250. The van der Waals surface area contributed by atoms with E-state index in [0.29, 0.717) is 33.8 Å². The number of carbonyl (C=O) groups is 2. The van der Waals surface area contributed by atoms with Crippen molar-refractivity contribution >= 4 is 34.1 Å². The Hall–Kier alpha value is -5.24. The topological polar surface area (TPSA) is 140 Å². The zero-order valence-corrected chi connectivity index (χ0v) is 24.3. The van der Waals surface area contributed by atoms with E-state index >= 15 is 0 Å². The summed E-state index contributed by atoms with van der Waals surface area (Å²) in [5.74, 6) is -2.31. The van der Waals surface area contributed by atoms with Gasteiger partial charge < -0.3 is 25.0 Å². The maximum absolute atomic E-state index is 13.8. The number of aryl methyl sites for hydroxylation is 1. The fourth-order valence-corrected chi connectivity index (χ4v) is 4.53. The van der Waals surface area contributed by atoms with Gasteiger partial charge in [-0.25, -0.2) is 4.39 Å². The number of anilines is 2. The number of nitrogens with one attached hydrogen (secondary N) is 2. The molecule has 0 saturated carbocycles. The van der Waals surface area contributed by atoms with Crippen LogP contribution in [0.1, 0.15) is 36.1 Å². The molecule has 0 aliphatic heterocycles. The van der Waals surface area contributed by atoms with Crippen molar-refractivity contribution in [1.82, 2.24) is 4.57 Å². The first kappa shape index (κ1) is 32.7. The van der Waals surface area contributed by atoms with E-state index in [2.05, 4.69) is 10.6 Å². The van der Waals surface area contributed by atoms with Gasteiger partial charge in [0.05, 0.1) is 42.0 Å². The Kier molecular flexibility index (Phi) is 9.00. The van der Waals surface area contributed by atoms with Crippen LogP contribution in [-0.2, 0) is 27.0 Å². The average Bonchev–Trinajstić information content (AvgIpc) is 3.36. The number of halogens is 4. The zero-order chi connectivity index (χ0) is 33.2. The molecule has 0 spiro atoms. The number of aromatic nitrogens is 1. The summed E-state index contributed by atoms with van der Waals surface area (Å²) in [6.45, 7) is 3.16. The van der Waals surface area contributed by atoms with Crippen LogP contribution < -0.4 is 10.6 Å². The van der Waals surface area contributed by atoms with Crippen molar-refractivity contribution < 1.29 is 37.0 Å². The number of nitrogens with zero attached hydrogens (tertiary/aromatic N) is 3. The molecule has 0 aliphatic rings. The SMILES string of the molecule is Cc1cc(NC(=O)[C@@](C)(O)CO[C@@](C)(Cn2ccc3cc(F)ccc32)C(=O)Nc2ccc(C#N)c(C(F)(F)F)c2)ccc1C#N. The molecule has 9 nitrogen and oxygen atoms in total. The molecule has 0 bridgehead atoms. The number of hydrogen-bond donors (Lipinski definition) is 3. The zero-order valence-electron chi connectivity index (χ0n) is 24.3. The molecule has 4 rings (SSSR count). The number of rotatable bonds is 9. The van der Waals surface area contributed by atoms with Crippen molar-refractivity contribution in [2.45, 2.75) is 44.7 Å². The molecule has 1 heterocycles. The van der Waals surface area contributed by atoms with Gasteiger partial charge in [-0.15, -0.1) is 0 Å². The van der Waals surface area contributed by atoms with Gasteiger partial charge in [-0.2, -0.15) is 23.7 Å². The Balaban J connectivity index is 1.62. The number of carbonyl (C=O) groups excluding carboxylic acids is 2. The van der Waals surface area contributed by atoms with Crippen molar-refractivity contribution in [2.75, 3.05) is 17.2 Å². The molecule has 13 heteroatoms. The van der Waals surface area contributed by atoms with Crippen LogP contribution in [-0.4, -0.2) is 39.3 Å². The molecule has 0 fully saturated rings. The first-order valence-electron chi connectivity index (χ1n) is 13.4. The largest absolute Gasteiger partial charge is 0.417 e. The summed E-state index contributed by atoms with van der Waals surface area (Å²) in [5, 5.41) is 34.7. The van der Waals surface area contributed by atoms with Gasteiger partial charge in [0.15, 0.2) is 11.2 Å². The van der Waals surface area contributed by atoms with Crippen molar-refractivity contribution in [2.24, 2.45) is 0 Å². The number of nitriles is 2. The minimum atomic E-state index is -4.87. The summed E-state index contributed by atoms with van der Waals surface area (Å²) in [7, 11) is 0. The van der Waals surface area contributed by atoms with Gasteiger partial charge in [0.1, 0.15) is 5.82 Å². The fourth-order valence-electron chi connectivity index (χ4n) is 4.53. The van der Waals surface area contributed by atoms with Gasteiger partial charge in [-0.1, -0.05) is 0 Å². The number of aliphatic hydroxyl groups is 1. The molecule has 3 aromatic carbocycles. The van der Waals surface area contributed by atoms with E-state index in [1.165, 1.54) is 49.4 Å². The Labute approximate surface area is 255 Å². The summed E-state index contributed by atoms with van der Waals surface area (Å²) in [6, 6.07) is 16.2. The molecule has 2 amide bonds. The number of amides is 2. The highest BCUT2D eigenvalue weighted by molar-refractivity contribution is 5.98. The van der Waals surface area contributed by atoms with Gasteiger partial charge in [-0.3, -0.25) is 9.59 Å². The van der Waals surface area contributed by atoms with E-state index in [9.17, 15) is 32.3 Å². The van der Waals surface area contributed by atoms with Gasteiger partial charge in [0.25, 0.3) is 11.8 Å². The first-order chi connectivity index (χ1) is 21.1. The second-order valence-electron chi connectivity index (χ2n) is 10.9. The van der Waals surface area contributed by atoms with Crippen LogP contribution in [0.25, 0.3) is 10.9 Å². The molecule has 0 unspecified atom stereocenters. The highest BCUT2D eigenvalue weighted by Gasteiger charge is 2.41. The molecule has 1 aromatic heterocycles. The second-order valence-corrected chi connectivity index (χ2v) is 10.9. The van der Waals surface area contributed by atoms with Gasteiger partial charge in [0.2, 0.25) is 0 Å². The molecular weight excluding hydrogens is 594 g/mol. The normalized spacial score (nSPS) is 14.1. The minimum absolute atomic E-state index is 0.261. The van der Waals surface area contributed by atoms with E-state index in [1.807, 2.05) is 6.07 Å². The highest BCUT2D eigenvalue weighted by atomic mass is 19.4. The van der Waals surface area contributed by atoms with Crippen LogP contribution in [0.5, 0.6) is 0 Å². The third-order valence-corrected chi connectivity index (χ3v) is 7.15. The standard InChI is InChI=1S/C32H27F4N5O4/c1-19-12-24(7-4-21(19)15-37)39-28(42)30(2,44)18-45-31(3,17-41-11-10-20-13-23(33)6-9-27(20)41)29(43)40-25-8-5-22(16-38)26(14-25)32(34,35)36/h4-14,44H,17-18H2,1-3H3,(H,39,42)(H,40,43)/t30-,31-/m0/s1. The molecule has 0 saturated heterocycles. The van der Waals surface area contributed by atoms with Crippen LogP contribution >= 0.6 is 0 Å². The monoisotopic (exact) mass is 621 g/mol. The van der Waals surface area contributed by atoms with Crippen LogP contribution in [0.3, 0.4) is 0 Å². The van der Waals surface area contributed by atoms with Crippen molar-refractivity contribution in [3.63, 3.8) is 0 Å². The van der Waals surface area contributed by atoms with Gasteiger partial charge in [-0.05, 0) is 87.0 Å². The summed E-state index contributed by atoms with van der Waals surface area (Å²) in [6.07, 6.45) is -3.31. The molecule has 4 aromatic rings. The van der Waals surface area contributed by atoms with Crippen LogP contribution in [0, 0.1) is 35.4 Å². The molecule has 3 N–H and O–H groups in total. The number of fused-ring (bicyclic) bond motifs is 1. The van der Waals surface area contributed by atoms with Crippen molar-refractivity contribution in [3.8, 4) is 12.1 Å². The van der Waals surface area contributed by atoms with Crippen LogP contribution in [0.15, 0.2) is 66.9 Å². The lowest BCUT2D eigenvalue weighted by Crippen LogP contribution is -2.52. The van der Waals surface area contributed by atoms with E-state index < -0.39 is 52.7 Å². The predicted octanol–water partition coefficient (Wildman–Crippen LogP) is 5.65. The number of ether oxygens (including phenoxy) is 1. The van der Waals surface area contributed by atoms with Gasteiger partial charge >= 0.3 is 6.18 Å². The highest BCUT2D eigenvalue weighted by Crippen LogP contribution is 2.34. The number of alkyl halides is 3. The van der Waals surface area contributed by atoms with Crippen LogP contribution in [0.2, 0.25) is 0 Å². The predicted molar refractivity (Wildman–Crippen MR) is 156 cm³/mol. The smallest absolute Gasteiger partial charge is 0.378 e. The molecule has 45 heavy (non-hydrogen) atoms. The van der Waals surface area contributed by atoms with Gasteiger partial charge in [0, 0.05) is 28.5 Å². The van der Waals surface area contributed by atoms with E-state index in [-0.39, 0.29) is 12.2 Å². The summed E-state index contributed by atoms with van der Waals surface area (Å²) >= 11 is 0. The van der Waals surface area contributed by atoms with Crippen LogP contribution in [0.4, 0.5) is 28.9 Å². The van der Waals surface area contributed by atoms with E-state index in [1.54, 1.807) is 23.8 Å². The maximum atomic E-state index is 13.8. The number of hydrogen-bond acceptors (Lipinski definition) is 6. The summed E-state index contributed by atoms with van der Waals surface area (Å²) < 4.78 is 61.9.